The molecule has 1 aliphatic rings. The van der Waals surface area contributed by atoms with Gasteiger partial charge in [-0.1, -0.05) is 44.2 Å². The van der Waals surface area contributed by atoms with Crippen molar-refractivity contribution in [1.29, 1.82) is 0 Å². The van der Waals surface area contributed by atoms with E-state index in [9.17, 15) is 13.2 Å². The highest BCUT2D eigenvalue weighted by molar-refractivity contribution is 7.89. The van der Waals surface area contributed by atoms with Crippen LogP contribution in [0.3, 0.4) is 0 Å². The minimum absolute atomic E-state index is 0.0554. The van der Waals surface area contributed by atoms with Crippen LogP contribution < -0.4 is 10.0 Å². The van der Waals surface area contributed by atoms with Crippen molar-refractivity contribution in [2.24, 2.45) is 0 Å². The molecule has 1 aromatic carbocycles. The lowest BCUT2D eigenvalue weighted by molar-refractivity contribution is 0.179. The molecule has 2 amide bonds. The number of nitrogens with zero attached hydrogens (tertiary/aromatic N) is 1. The fraction of sp³-hybridized carbons (Fsp3) is 0.632. The fourth-order valence-electron chi connectivity index (χ4n) is 3.24. The molecule has 0 radical (unpaired) electrons. The second kappa shape index (κ2) is 9.92. The van der Waals surface area contributed by atoms with Gasteiger partial charge in [0.2, 0.25) is 10.0 Å². The van der Waals surface area contributed by atoms with Crippen molar-refractivity contribution >= 4 is 16.1 Å². The third-order valence-electron chi connectivity index (χ3n) is 4.82. The van der Waals surface area contributed by atoms with Crippen LogP contribution >= 0.6 is 0 Å². The van der Waals surface area contributed by atoms with Crippen molar-refractivity contribution in [2.75, 3.05) is 25.4 Å². The molecule has 0 saturated carbocycles. The lowest BCUT2D eigenvalue weighted by Crippen LogP contribution is -2.49. The molecule has 1 aliphatic heterocycles. The molecule has 1 unspecified atom stereocenters. The maximum absolute atomic E-state index is 12.3. The highest BCUT2D eigenvalue weighted by Gasteiger charge is 2.25. The Balaban J connectivity index is 1.68. The van der Waals surface area contributed by atoms with Crippen LogP contribution in [0.1, 0.15) is 51.0 Å². The summed E-state index contributed by atoms with van der Waals surface area (Å²) >= 11 is 0. The number of sulfonamides is 1. The van der Waals surface area contributed by atoms with E-state index in [0.29, 0.717) is 44.8 Å². The van der Waals surface area contributed by atoms with Crippen molar-refractivity contribution in [3.8, 4) is 0 Å². The minimum atomic E-state index is -3.19. The summed E-state index contributed by atoms with van der Waals surface area (Å²) in [4.78, 5) is 14.1. The maximum atomic E-state index is 12.3. The first-order valence-corrected chi connectivity index (χ1v) is 11.1. The summed E-state index contributed by atoms with van der Waals surface area (Å²) in [6, 6.07) is 10.2. The Morgan fingerprint density at radius 1 is 1.23 bits per heavy atom. The molecule has 0 spiro atoms. The quantitative estimate of drug-likeness (QED) is 0.727. The van der Waals surface area contributed by atoms with Gasteiger partial charge in [0, 0.05) is 25.7 Å². The minimum Gasteiger partial charge on any atom is -0.338 e. The SMILES string of the molecule is CCCS(=O)(=O)NC1CCN(C(=O)NCCC(C)c2ccccc2)CC1. The average molecular weight is 382 g/mol. The zero-order valence-corrected chi connectivity index (χ0v) is 16.6. The number of urea groups is 1. The van der Waals surface area contributed by atoms with Crippen molar-refractivity contribution < 1.29 is 13.2 Å². The van der Waals surface area contributed by atoms with Gasteiger partial charge >= 0.3 is 6.03 Å². The molecule has 7 heteroatoms. The lowest BCUT2D eigenvalue weighted by Gasteiger charge is -2.32. The molecule has 6 nitrogen and oxygen atoms in total. The predicted octanol–water partition coefficient (Wildman–Crippen LogP) is 2.68. The molecule has 0 bridgehead atoms. The standard InChI is InChI=1S/C19H31N3O3S/c1-3-15-26(24,25)21-18-10-13-22(14-11-18)19(23)20-12-9-16(2)17-7-5-4-6-8-17/h4-8,16,18,21H,3,9-15H2,1-2H3,(H,20,23). The first kappa shape index (κ1) is 20.7. The molecule has 1 aromatic rings. The van der Waals surface area contributed by atoms with Crippen LogP contribution in [0, 0.1) is 0 Å². The Bertz CT molecular complexity index is 656. The lowest BCUT2D eigenvalue weighted by atomic mass is 9.98. The van der Waals surface area contributed by atoms with Crippen LogP contribution in [0.5, 0.6) is 0 Å². The molecule has 1 fully saturated rings. The van der Waals surface area contributed by atoms with Crippen molar-refractivity contribution in [2.45, 2.75) is 51.5 Å². The molecular formula is C19H31N3O3S. The Kier molecular flexibility index (Phi) is 7.90. The topological polar surface area (TPSA) is 78.5 Å². The number of hydrogen-bond donors (Lipinski definition) is 2. The third kappa shape index (κ3) is 6.61. The summed E-state index contributed by atoms with van der Waals surface area (Å²) in [6.07, 6.45) is 2.83. The van der Waals surface area contributed by atoms with Gasteiger partial charge in [-0.05, 0) is 37.2 Å². The average Bonchev–Trinajstić information content (AvgIpc) is 2.62. The van der Waals surface area contributed by atoms with Gasteiger partial charge < -0.3 is 10.2 Å². The van der Waals surface area contributed by atoms with Gasteiger partial charge in [-0.3, -0.25) is 0 Å². The Morgan fingerprint density at radius 2 is 1.88 bits per heavy atom. The normalized spacial score (nSPS) is 17.1. The smallest absolute Gasteiger partial charge is 0.317 e. The second-order valence-corrected chi connectivity index (χ2v) is 8.90. The summed E-state index contributed by atoms with van der Waals surface area (Å²) in [5, 5.41) is 2.98. The number of hydrogen-bond acceptors (Lipinski definition) is 3. The molecule has 1 atom stereocenters. The monoisotopic (exact) mass is 381 g/mol. The molecule has 0 aromatic heterocycles. The Labute approximate surface area is 157 Å². The van der Waals surface area contributed by atoms with Gasteiger partial charge in [-0.25, -0.2) is 17.9 Å². The predicted molar refractivity (Wildman–Crippen MR) is 105 cm³/mol. The number of amides is 2. The second-order valence-electron chi connectivity index (χ2n) is 7.03. The van der Waals surface area contributed by atoms with Gasteiger partial charge in [0.15, 0.2) is 0 Å². The van der Waals surface area contributed by atoms with E-state index < -0.39 is 10.0 Å². The van der Waals surface area contributed by atoms with E-state index >= 15 is 0 Å². The summed E-state index contributed by atoms with van der Waals surface area (Å²) in [5.74, 6) is 0.558. The van der Waals surface area contributed by atoms with Gasteiger partial charge in [-0.15, -0.1) is 0 Å². The van der Waals surface area contributed by atoms with Crippen molar-refractivity contribution in [3.05, 3.63) is 35.9 Å². The Hall–Kier alpha value is -1.60. The first-order valence-electron chi connectivity index (χ1n) is 9.49. The van der Waals surface area contributed by atoms with E-state index in [2.05, 4.69) is 29.1 Å². The molecule has 0 aliphatic carbocycles. The number of likely N-dealkylation sites (tertiary alicyclic amines) is 1. The molecule has 2 N–H and O–H groups in total. The number of benzene rings is 1. The fourth-order valence-corrected chi connectivity index (χ4v) is 4.64. The van der Waals surface area contributed by atoms with E-state index in [1.807, 2.05) is 25.1 Å². The third-order valence-corrected chi connectivity index (χ3v) is 6.46. The van der Waals surface area contributed by atoms with Crippen LogP contribution in [0.25, 0.3) is 0 Å². The summed E-state index contributed by atoms with van der Waals surface area (Å²) in [5.41, 5.74) is 1.28. The Morgan fingerprint density at radius 3 is 2.50 bits per heavy atom. The number of nitrogens with one attached hydrogen (secondary N) is 2. The van der Waals surface area contributed by atoms with Gasteiger partial charge in [0.05, 0.1) is 5.75 Å². The summed E-state index contributed by atoms with van der Waals surface area (Å²) in [7, 11) is -3.19. The van der Waals surface area contributed by atoms with Gasteiger partial charge in [0.25, 0.3) is 0 Å². The molecule has 1 saturated heterocycles. The van der Waals surface area contributed by atoms with Crippen LogP contribution in [-0.4, -0.2) is 50.8 Å². The van der Waals surface area contributed by atoms with Crippen LogP contribution in [0.2, 0.25) is 0 Å². The van der Waals surface area contributed by atoms with Gasteiger partial charge in [-0.2, -0.15) is 0 Å². The van der Waals surface area contributed by atoms with Crippen LogP contribution in [-0.2, 0) is 10.0 Å². The number of carbonyl (C=O) groups is 1. The van der Waals surface area contributed by atoms with E-state index in [0.717, 1.165) is 6.42 Å². The van der Waals surface area contributed by atoms with Crippen molar-refractivity contribution in [3.63, 3.8) is 0 Å². The highest BCUT2D eigenvalue weighted by atomic mass is 32.2. The van der Waals surface area contributed by atoms with Gasteiger partial charge in [0.1, 0.15) is 0 Å². The zero-order valence-electron chi connectivity index (χ0n) is 15.8. The number of piperidine rings is 1. The highest BCUT2D eigenvalue weighted by Crippen LogP contribution is 2.17. The van der Waals surface area contributed by atoms with E-state index in [-0.39, 0.29) is 17.8 Å². The summed E-state index contributed by atoms with van der Waals surface area (Å²) < 4.78 is 26.4. The molecule has 146 valence electrons. The maximum Gasteiger partial charge on any atom is 0.317 e. The number of carbonyl (C=O) groups excluding carboxylic acids is 1. The molecular weight excluding hydrogens is 350 g/mol. The van der Waals surface area contributed by atoms with E-state index in [1.54, 1.807) is 4.90 Å². The van der Waals surface area contributed by atoms with E-state index in [4.69, 9.17) is 0 Å². The van der Waals surface area contributed by atoms with Crippen LogP contribution in [0.4, 0.5) is 4.79 Å². The largest absolute Gasteiger partial charge is 0.338 e. The molecule has 26 heavy (non-hydrogen) atoms. The number of rotatable bonds is 8. The first-order chi connectivity index (χ1) is 12.4. The molecule has 2 rings (SSSR count). The van der Waals surface area contributed by atoms with Crippen molar-refractivity contribution in [1.82, 2.24) is 14.9 Å². The van der Waals surface area contributed by atoms with E-state index in [1.165, 1.54) is 5.56 Å². The van der Waals surface area contributed by atoms with Crippen LogP contribution in [0.15, 0.2) is 30.3 Å². The molecule has 1 heterocycles. The zero-order chi connectivity index (χ0) is 19.0. The summed E-state index contributed by atoms with van der Waals surface area (Å²) in [6.45, 7) is 5.82.